The normalized spacial score (nSPS) is 11.6. The minimum atomic E-state index is -3.38. The second-order valence-electron chi connectivity index (χ2n) is 4.36. The van der Waals surface area contributed by atoms with E-state index in [-0.39, 0.29) is 17.5 Å². The Hall–Kier alpha value is -1.56. The Bertz CT molecular complexity index is 537. The van der Waals surface area contributed by atoms with Crippen molar-refractivity contribution in [1.29, 1.82) is 0 Å². The molecule has 0 unspecified atom stereocenters. The van der Waals surface area contributed by atoms with Crippen molar-refractivity contribution in [2.45, 2.75) is 24.8 Å². The molecule has 6 heteroatoms. The molecule has 0 saturated carbocycles. The average molecular weight is 271 g/mol. The Labute approximate surface area is 107 Å². The van der Waals surface area contributed by atoms with Gasteiger partial charge in [-0.25, -0.2) is 8.42 Å². The summed E-state index contributed by atoms with van der Waals surface area (Å²) in [5.74, 6) is -0.994. The molecule has 1 aromatic rings. The van der Waals surface area contributed by atoms with E-state index in [2.05, 4.69) is 0 Å². The summed E-state index contributed by atoms with van der Waals surface area (Å²) in [5, 5.41) is 8.90. The van der Waals surface area contributed by atoms with Gasteiger partial charge in [0.25, 0.3) is 0 Å². The van der Waals surface area contributed by atoms with E-state index in [1.165, 1.54) is 6.07 Å². The Morgan fingerprint density at radius 3 is 2.33 bits per heavy atom. The van der Waals surface area contributed by atoms with E-state index in [1.54, 1.807) is 23.1 Å². The first-order chi connectivity index (χ1) is 8.23. The van der Waals surface area contributed by atoms with Gasteiger partial charge in [-0.1, -0.05) is 12.1 Å². The monoisotopic (exact) mass is 271 g/mol. The van der Waals surface area contributed by atoms with E-state index >= 15 is 0 Å². The van der Waals surface area contributed by atoms with Gasteiger partial charge in [-0.05, 0) is 26.0 Å². The molecule has 0 spiro atoms. The zero-order valence-electron chi connectivity index (χ0n) is 10.6. The molecule has 0 atom stereocenters. The van der Waals surface area contributed by atoms with E-state index in [4.69, 9.17) is 5.11 Å². The van der Waals surface area contributed by atoms with Crippen LogP contribution in [0.5, 0.6) is 0 Å². The first-order valence-corrected chi connectivity index (χ1v) is 7.40. The fraction of sp³-hybridized carbons (Fsp3) is 0.417. The highest BCUT2D eigenvalue weighted by Crippen LogP contribution is 2.26. The fourth-order valence-corrected chi connectivity index (χ4v) is 2.59. The predicted octanol–water partition coefficient (Wildman–Crippen LogP) is 1.39. The molecule has 1 rings (SSSR count). The molecule has 0 aliphatic carbocycles. The lowest BCUT2D eigenvalue weighted by atomic mass is 10.2. The Morgan fingerprint density at radius 1 is 1.33 bits per heavy atom. The van der Waals surface area contributed by atoms with Crippen molar-refractivity contribution >= 4 is 21.5 Å². The number of hydrogen-bond acceptors (Lipinski definition) is 4. The summed E-state index contributed by atoms with van der Waals surface area (Å²) in [7, 11) is -3.38. The third-order valence-electron chi connectivity index (χ3n) is 2.50. The molecule has 0 heterocycles. The number of anilines is 1. The summed E-state index contributed by atoms with van der Waals surface area (Å²) in [6.45, 7) is 3.41. The molecule has 0 aliphatic heterocycles. The number of hydrogen-bond donors (Lipinski definition) is 1. The van der Waals surface area contributed by atoms with Gasteiger partial charge in [-0.2, -0.15) is 0 Å². The van der Waals surface area contributed by atoms with Crippen LogP contribution in [0.15, 0.2) is 29.2 Å². The summed E-state index contributed by atoms with van der Waals surface area (Å²) < 4.78 is 23.4. The number of benzene rings is 1. The maximum atomic E-state index is 11.7. The molecule has 0 fully saturated rings. The van der Waals surface area contributed by atoms with Gasteiger partial charge in [0, 0.05) is 12.3 Å². The van der Waals surface area contributed by atoms with Crippen molar-refractivity contribution in [1.82, 2.24) is 0 Å². The van der Waals surface area contributed by atoms with Gasteiger partial charge in [0.1, 0.15) is 6.54 Å². The number of carboxylic acid groups (broad SMARTS) is 1. The van der Waals surface area contributed by atoms with Crippen LogP contribution in [0.2, 0.25) is 0 Å². The highest BCUT2D eigenvalue weighted by molar-refractivity contribution is 7.90. The van der Waals surface area contributed by atoms with Gasteiger partial charge in [0.15, 0.2) is 9.84 Å². The number of carbonyl (C=O) groups is 1. The van der Waals surface area contributed by atoms with Crippen LogP contribution < -0.4 is 4.90 Å². The second-order valence-corrected chi connectivity index (χ2v) is 6.34. The SMILES string of the molecule is CC(C)N(CC(=O)O)c1ccccc1S(C)(=O)=O. The van der Waals surface area contributed by atoms with E-state index < -0.39 is 15.8 Å². The number of carboxylic acids is 1. The van der Waals surface area contributed by atoms with Crippen LogP contribution in [0, 0.1) is 0 Å². The summed E-state index contributed by atoms with van der Waals surface area (Å²) in [4.78, 5) is 12.6. The molecular weight excluding hydrogens is 254 g/mol. The molecule has 0 radical (unpaired) electrons. The molecule has 100 valence electrons. The maximum Gasteiger partial charge on any atom is 0.323 e. The molecule has 0 saturated heterocycles. The largest absolute Gasteiger partial charge is 0.480 e. The summed E-state index contributed by atoms with van der Waals surface area (Å²) in [6, 6.07) is 6.32. The zero-order chi connectivity index (χ0) is 13.9. The lowest BCUT2D eigenvalue weighted by Crippen LogP contribution is -2.36. The smallest absolute Gasteiger partial charge is 0.323 e. The standard InChI is InChI=1S/C12H17NO4S/c1-9(2)13(8-12(14)15)10-6-4-5-7-11(10)18(3,16)17/h4-7,9H,8H2,1-3H3,(H,14,15). The maximum absolute atomic E-state index is 11.7. The van der Waals surface area contributed by atoms with Crippen LogP contribution in [0.4, 0.5) is 5.69 Å². The Morgan fingerprint density at radius 2 is 1.89 bits per heavy atom. The van der Waals surface area contributed by atoms with E-state index in [9.17, 15) is 13.2 Å². The Balaban J connectivity index is 3.33. The molecule has 0 amide bonds. The van der Waals surface area contributed by atoms with Crippen molar-refractivity contribution in [3.05, 3.63) is 24.3 Å². The van der Waals surface area contributed by atoms with E-state index in [0.29, 0.717) is 5.69 Å². The van der Waals surface area contributed by atoms with Crippen LogP contribution in [0.25, 0.3) is 0 Å². The number of sulfone groups is 1. The fourth-order valence-electron chi connectivity index (χ4n) is 1.70. The van der Waals surface area contributed by atoms with Crippen molar-refractivity contribution in [2.24, 2.45) is 0 Å². The predicted molar refractivity (Wildman–Crippen MR) is 69.7 cm³/mol. The average Bonchev–Trinajstić information content (AvgIpc) is 2.24. The number of aliphatic carboxylic acids is 1. The van der Waals surface area contributed by atoms with Crippen molar-refractivity contribution in [3.63, 3.8) is 0 Å². The number of rotatable bonds is 5. The minimum Gasteiger partial charge on any atom is -0.480 e. The van der Waals surface area contributed by atoms with Crippen LogP contribution in [0.3, 0.4) is 0 Å². The van der Waals surface area contributed by atoms with Gasteiger partial charge in [-0.15, -0.1) is 0 Å². The second kappa shape index (κ2) is 5.39. The molecule has 0 aliphatic rings. The van der Waals surface area contributed by atoms with Gasteiger partial charge in [-0.3, -0.25) is 4.79 Å². The van der Waals surface area contributed by atoms with Crippen molar-refractivity contribution in [2.75, 3.05) is 17.7 Å². The number of nitrogens with zero attached hydrogens (tertiary/aromatic N) is 1. The molecule has 1 N–H and O–H groups in total. The minimum absolute atomic E-state index is 0.107. The van der Waals surface area contributed by atoms with E-state index in [0.717, 1.165) is 6.26 Å². The van der Waals surface area contributed by atoms with Gasteiger partial charge in [0.05, 0.1) is 10.6 Å². The topological polar surface area (TPSA) is 74.7 Å². The molecule has 5 nitrogen and oxygen atoms in total. The van der Waals surface area contributed by atoms with Crippen LogP contribution >= 0.6 is 0 Å². The lowest BCUT2D eigenvalue weighted by Gasteiger charge is -2.28. The third-order valence-corrected chi connectivity index (χ3v) is 3.65. The van der Waals surface area contributed by atoms with E-state index in [1.807, 2.05) is 13.8 Å². The summed E-state index contributed by atoms with van der Waals surface area (Å²) in [6.07, 6.45) is 1.12. The zero-order valence-corrected chi connectivity index (χ0v) is 11.4. The molecular formula is C12H17NO4S. The van der Waals surface area contributed by atoms with Gasteiger partial charge in [0.2, 0.25) is 0 Å². The van der Waals surface area contributed by atoms with Crippen LogP contribution in [-0.4, -0.2) is 38.3 Å². The Kier molecular flexibility index (Phi) is 4.34. The number of para-hydroxylation sites is 1. The highest BCUT2D eigenvalue weighted by atomic mass is 32.2. The highest BCUT2D eigenvalue weighted by Gasteiger charge is 2.21. The molecule has 0 aromatic heterocycles. The summed E-state index contributed by atoms with van der Waals surface area (Å²) in [5.41, 5.74) is 0.428. The first kappa shape index (κ1) is 14.5. The van der Waals surface area contributed by atoms with Gasteiger partial charge < -0.3 is 10.0 Å². The van der Waals surface area contributed by atoms with Crippen LogP contribution in [-0.2, 0) is 14.6 Å². The third kappa shape index (κ3) is 3.46. The van der Waals surface area contributed by atoms with Gasteiger partial charge >= 0.3 is 5.97 Å². The summed E-state index contributed by atoms with van der Waals surface area (Å²) >= 11 is 0. The van der Waals surface area contributed by atoms with Crippen LogP contribution in [0.1, 0.15) is 13.8 Å². The van der Waals surface area contributed by atoms with Crippen molar-refractivity contribution in [3.8, 4) is 0 Å². The van der Waals surface area contributed by atoms with Crippen molar-refractivity contribution < 1.29 is 18.3 Å². The first-order valence-electron chi connectivity index (χ1n) is 5.51. The molecule has 1 aromatic carbocycles. The molecule has 18 heavy (non-hydrogen) atoms. The lowest BCUT2D eigenvalue weighted by molar-refractivity contribution is -0.135. The quantitative estimate of drug-likeness (QED) is 0.876. The molecule has 0 bridgehead atoms.